The van der Waals surface area contributed by atoms with Crippen LogP contribution in [0.1, 0.15) is 0 Å². The number of benzene rings is 3. The van der Waals surface area contributed by atoms with Crippen molar-refractivity contribution in [2.75, 3.05) is 7.11 Å². The van der Waals surface area contributed by atoms with Crippen molar-refractivity contribution in [3.63, 3.8) is 0 Å². The summed E-state index contributed by atoms with van der Waals surface area (Å²) in [6.45, 7) is 0. The average molecular weight is 458 g/mol. The van der Waals surface area contributed by atoms with Gasteiger partial charge in [0.15, 0.2) is 11.2 Å². The van der Waals surface area contributed by atoms with Gasteiger partial charge in [0, 0.05) is 16.2 Å². The van der Waals surface area contributed by atoms with Crippen molar-refractivity contribution in [3.05, 3.63) is 105 Å². The first kappa shape index (κ1) is 20.7. The summed E-state index contributed by atoms with van der Waals surface area (Å²) in [4.78, 5) is 31.2. The number of nitrogens with zero attached hydrogens (tertiary/aromatic N) is 3. The maximum atomic E-state index is 13.4. The standard InChI is InChI=1S/C25H16ClN3O4/c1-32-15-10-12-16(13-11-15)33-23-20(26)14-27-29(25(23)31)24-18-7-3-2-6-17(18)22(30)19-8-4-5-9-21(19)28-24/h2-14H,1H3. The molecule has 0 saturated heterocycles. The molecule has 0 aliphatic carbocycles. The predicted octanol–water partition coefficient (Wildman–Crippen LogP) is 4.75. The van der Waals surface area contributed by atoms with Gasteiger partial charge in [-0.15, -0.1) is 0 Å². The van der Waals surface area contributed by atoms with Crippen molar-refractivity contribution in [2.45, 2.75) is 0 Å². The molecular weight excluding hydrogens is 442 g/mol. The largest absolute Gasteiger partial charge is 0.497 e. The third-order valence-corrected chi connectivity index (χ3v) is 5.43. The zero-order valence-corrected chi connectivity index (χ0v) is 18.1. The highest BCUT2D eigenvalue weighted by Crippen LogP contribution is 2.27. The molecule has 0 spiro atoms. The summed E-state index contributed by atoms with van der Waals surface area (Å²) < 4.78 is 12.0. The van der Waals surface area contributed by atoms with E-state index in [4.69, 9.17) is 21.1 Å². The molecule has 0 unspecified atom stereocenters. The third-order valence-electron chi connectivity index (χ3n) is 5.16. The molecule has 0 atom stereocenters. The number of fused-ring (bicyclic) bond motifs is 2. The number of methoxy groups -OCH3 is 1. The predicted molar refractivity (Wildman–Crippen MR) is 127 cm³/mol. The normalized spacial score (nSPS) is 11.0. The van der Waals surface area contributed by atoms with Gasteiger partial charge in [-0.2, -0.15) is 9.78 Å². The Morgan fingerprint density at radius 2 is 1.45 bits per heavy atom. The number of rotatable bonds is 4. The third kappa shape index (κ3) is 3.68. The number of hydrogen-bond donors (Lipinski definition) is 0. The Morgan fingerprint density at radius 1 is 0.818 bits per heavy atom. The quantitative estimate of drug-likeness (QED) is 0.387. The lowest BCUT2D eigenvalue weighted by Gasteiger charge is -2.10. The fourth-order valence-corrected chi connectivity index (χ4v) is 3.71. The fourth-order valence-electron chi connectivity index (χ4n) is 3.54. The van der Waals surface area contributed by atoms with E-state index < -0.39 is 5.56 Å². The molecule has 5 rings (SSSR count). The molecule has 8 heteroatoms. The Balaban J connectivity index is 1.77. The second-order valence-corrected chi connectivity index (χ2v) is 7.55. The van der Waals surface area contributed by atoms with E-state index in [9.17, 15) is 9.59 Å². The summed E-state index contributed by atoms with van der Waals surface area (Å²) in [7, 11) is 1.56. The van der Waals surface area contributed by atoms with Crippen LogP contribution in [-0.2, 0) is 0 Å². The zero-order valence-electron chi connectivity index (χ0n) is 17.4. The summed E-state index contributed by atoms with van der Waals surface area (Å²) in [5.41, 5.74) is -0.356. The Morgan fingerprint density at radius 3 is 2.18 bits per heavy atom. The fraction of sp³-hybridized carbons (Fsp3) is 0.0400. The molecule has 5 aromatic rings. The smallest absolute Gasteiger partial charge is 0.317 e. The van der Waals surface area contributed by atoms with E-state index in [1.54, 1.807) is 79.9 Å². The Bertz CT molecular complexity index is 1630. The number of hydrogen-bond acceptors (Lipinski definition) is 6. The van der Waals surface area contributed by atoms with Crippen LogP contribution in [0.15, 0.2) is 88.6 Å². The van der Waals surface area contributed by atoms with Crippen molar-refractivity contribution in [3.8, 4) is 23.1 Å². The van der Waals surface area contributed by atoms with Crippen LogP contribution in [0.5, 0.6) is 17.2 Å². The summed E-state index contributed by atoms with van der Waals surface area (Å²) in [5.74, 6) is 1.13. The van der Waals surface area contributed by atoms with Gasteiger partial charge in [-0.3, -0.25) is 9.59 Å². The van der Waals surface area contributed by atoms with Crippen LogP contribution in [0.4, 0.5) is 0 Å². The van der Waals surface area contributed by atoms with E-state index in [0.29, 0.717) is 33.2 Å². The van der Waals surface area contributed by atoms with E-state index in [-0.39, 0.29) is 22.0 Å². The minimum Gasteiger partial charge on any atom is -0.497 e. The number of aromatic nitrogens is 3. The Hall–Kier alpha value is -4.23. The van der Waals surface area contributed by atoms with Crippen LogP contribution >= 0.6 is 11.6 Å². The SMILES string of the molecule is COc1ccc(Oc2c(Cl)cnn(-c3nc4ccccc4c(=O)c4ccccc34)c2=O)cc1. The summed E-state index contributed by atoms with van der Waals surface area (Å²) in [5, 5.41) is 5.59. The highest BCUT2D eigenvalue weighted by atomic mass is 35.5. The molecule has 3 aromatic carbocycles. The molecule has 0 saturated carbocycles. The average Bonchev–Trinajstić information content (AvgIpc) is 2.97. The molecule has 0 aliphatic heterocycles. The summed E-state index contributed by atoms with van der Waals surface area (Å²) in [6.07, 6.45) is 1.31. The molecular formula is C25H16ClN3O4. The molecule has 0 radical (unpaired) electrons. The summed E-state index contributed by atoms with van der Waals surface area (Å²) >= 11 is 6.27. The van der Waals surface area contributed by atoms with Gasteiger partial charge in [-0.05, 0) is 36.4 Å². The van der Waals surface area contributed by atoms with Gasteiger partial charge in [0.1, 0.15) is 16.5 Å². The maximum Gasteiger partial charge on any atom is 0.317 e. The van der Waals surface area contributed by atoms with Crippen LogP contribution in [0.2, 0.25) is 5.02 Å². The molecule has 162 valence electrons. The second-order valence-electron chi connectivity index (χ2n) is 7.14. The highest BCUT2D eigenvalue weighted by molar-refractivity contribution is 6.31. The van der Waals surface area contributed by atoms with E-state index in [1.165, 1.54) is 6.20 Å². The Labute approximate surface area is 192 Å². The minimum absolute atomic E-state index is 0.0473. The van der Waals surface area contributed by atoms with Crippen molar-refractivity contribution >= 4 is 33.3 Å². The number of halogens is 1. The molecule has 33 heavy (non-hydrogen) atoms. The zero-order chi connectivity index (χ0) is 22.9. The molecule has 7 nitrogen and oxygen atoms in total. The first-order chi connectivity index (χ1) is 16.1. The van der Waals surface area contributed by atoms with Crippen molar-refractivity contribution in [1.82, 2.24) is 14.8 Å². The molecule has 0 bridgehead atoms. The Kier molecular flexibility index (Phi) is 5.24. The number of ether oxygens (including phenoxy) is 2. The second kappa shape index (κ2) is 8.37. The number of para-hydroxylation sites is 1. The van der Waals surface area contributed by atoms with Crippen LogP contribution in [0, 0.1) is 0 Å². The van der Waals surface area contributed by atoms with Crippen molar-refractivity contribution < 1.29 is 9.47 Å². The van der Waals surface area contributed by atoms with Crippen molar-refractivity contribution in [2.24, 2.45) is 0 Å². The highest BCUT2D eigenvalue weighted by Gasteiger charge is 2.18. The molecule has 0 aliphatic rings. The molecule has 0 fully saturated rings. The van der Waals surface area contributed by atoms with E-state index >= 15 is 0 Å². The van der Waals surface area contributed by atoms with Crippen molar-refractivity contribution in [1.29, 1.82) is 0 Å². The van der Waals surface area contributed by atoms with Gasteiger partial charge in [0.25, 0.3) is 0 Å². The van der Waals surface area contributed by atoms with Gasteiger partial charge in [-0.25, -0.2) is 4.98 Å². The van der Waals surface area contributed by atoms with Gasteiger partial charge >= 0.3 is 5.56 Å². The van der Waals surface area contributed by atoms with Gasteiger partial charge in [0.05, 0.1) is 18.8 Å². The van der Waals surface area contributed by atoms with Crippen LogP contribution in [0.25, 0.3) is 27.5 Å². The van der Waals surface area contributed by atoms with Crippen LogP contribution in [0.3, 0.4) is 0 Å². The maximum absolute atomic E-state index is 13.4. The van der Waals surface area contributed by atoms with Gasteiger partial charge < -0.3 is 9.47 Å². The molecule has 2 aromatic heterocycles. The lowest BCUT2D eigenvalue weighted by Crippen LogP contribution is -2.23. The lowest BCUT2D eigenvalue weighted by atomic mass is 10.1. The van der Waals surface area contributed by atoms with E-state index in [2.05, 4.69) is 10.1 Å². The molecule has 0 amide bonds. The summed E-state index contributed by atoms with van der Waals surface area (Å²) in [6, 6.07) is 20.7. The minimum atomic E-state index is -0.612. The lowest BCUT2D eigenvalue weighted by molar-refractivity contribution is 0.412. The van der Waals surface area contributed by atoms with Crippen LogP contribution < -0.4 is 20.5 Å². The first-order valence-corrected chi connectivity index (χ1v) is 10.4. The van der Waals surface area contributed by atoms with E-state index in [1.807, 2.05) is 0 Å². The first-order valence-electron chi connectivity index (χ1n) is 9.99. The van der Waals surface area contributed by atoms with E-state index in [0.717, 1.165) is 4.68 Å². The van der Waals surface area contributed by atoms with Crippen LogP contribution in [-0.4, -0.2) is 21.9 Å². The van der Waals surface area contributed by atoms with Gasteiger partial charge in [-0.1, -0.05) is 48.0 Å². The topological polar surface area (TPSA) is 83.3 Å². The van der Waals surface area contributed by atoms with Gasteiger partial charge in [0.2, 0.25) is 5.75 Å². The molecule has 2 heterocycles. The monoisotopic (exact) mass is 457 g/mol. The molecule has 0 N–H and O–H groups in total.